The normalized spacial score (nSPS) is 12.5. The van der Waals surface area contributed by atoms with Crippen LogP contribution >= 0.6 is 0 Å². The van der Waals surface area contributed by atoms with Gasteiger partial charge in [-0.3, -0.25) is 4.98 Å². The molecule has 1 heterocycles. The zero-order chi connectivity index (χ0) is 15.4. The van der Waals surface area contributed by atoms with Gasteiger partial charge in [-0.1, -0.05) is 24.3 Å². The first-order valence-corrected chi connectivity index (χ1v) is 7.40. The summed E-state index contributed by atoms with van der Waals surface area (Å²) >= 11 is 0. The summed E-state index contributed by atoms with van der Waals surface area (Å²) in [6.07, 6.45) is 0.154. The molecule has 0 radical (unpaired) electrons. The van der Waals surface area contributed by atoms with Crippen molar-refractivity contribution in [3.63, 3.8) is 0 Å². The van der Waals surface area contributed by atoms with Gasteiger partial charge in [-0.25, -0.2) is 0 Å². The molecular weight excluding hydrogens is 260 g/mol. The highest BCUT2D eigenvalue weighted by Crippen LogP contribution is 2.31. The fraction of sp³-hybridized carbons (Fsp3) is 0.389. The van der Waals surface area contributed by atoms with Crippen molar-refractivity contribution in [3.8, 4) is 5.75 Å². The number of rotatable bonds is 5. The molecule has 0 aliphatic heterocycles. The van der Waals surface area contributed by atoms with Crippen molar-refractivity contribution >= 4 is 0 Å². The Balaban J connectivity index is 2.46. The summed E-state index contributed by atoms with van der Waals surface area (Å²) in [5, 5.41) is 3.39. The standard InChI is InChI=1S/C18H24N2O/c1-12(2)21-17-9-7-6-8-16(17)18(19-5)15-11-10-13(3)20-14(15)4/h6-12,18-19H,1-5H3. The van der Waals surface area contributed by atoms with E-state index in [9.17, 15) is 0 Å². The van der Waals surface area contributed by atoms with Gasteiger partial charge >= 0.3 is 0 Å². The highest BCUT2D eigenvalue weighted by molar-refractivity contribution is 5.43. The number of hydrogen-bond acceptors (Lipinski definition) is 3. The summed E-state index contributed by atoms with van der Waals surface area (Å²) < 4.78 is 5.95. The minimum Gasteiger partial charge on any atom is -0.491 e. The lowest BCUT2D eigenvalue weighted by molar-refractivity contribution is 0.238. The molecule has 21 heavy (non-hydrogen) atoms. The van der Waals surface area contributed by atoms with Crippen molar-refractivity contribution in [1.82, 2.24) is 10.3 Å². The SMILES string of the molecule is CNC(c1ccccc1OC(C)C)c1ccc(C)nc1C. The van der Waals surface area contributed by atoms with E-state index in [4.69, 9.17) is 4.74 Å². The molecule has 0 amide bonds. The van der Waals surface area contributed by atoms with E-state index in [-0.39, 0.29) is 12.1 Å². The second kappa shape index (κ2) is 6.72. The minimum atomic E-state index is 0.0769. The predicted molar refractivity (Wildman–Crippen MR) is 86.8 cm³/mol. The summed E-state index contributed by atoms with van der Waals surface area (Å²) in [6.45, 7) is 8.16. The average molecular weight is 284 g/mol. The second-order valence-electron chi connectivity index (χ2n) is 5.55. The molecule has 2 rings (SSSR count). The van der Waals surface area contributed by atoms with Gasteiger partial charge in [0.2, 0.25) is 0 Å². The average Bonchev–Trinajstić information content (AvgIpc) is 2.43. The topological polar surface area (TPSA) is 34.1 Å². The van der Waals surface area contributed by atoms with Gasteiger partial charge in [0.25, 0.3) is 0 Å². The lowest BCUT2D eigenvalue weighted by Gasteiger charge is -2.23. The summed E-state index contributed by atoms with van der Waals surface area (Å²) in [6, 6.07) is 12.5. The molecule has 0 spiro atoms. The van der Waals surface area contributed by atoms with E-state index < -0.39 is 0 Å². The highest BCUT2D eigenvalue weighted by Gasteiger charge is 2.19. The molecule has 1 aromatic carbocycles. The van der Waals surface area contributed by atoms with E-state index in [2.05, 4.69) is 35.4 Å². The number of ether oxygens (including phenoxy) is 1. The predicted octanol–water partition coefficient (Wildman–Crippen LogP) is 3.79. The van der Waals surface area contributed by atoms with E-state index in [0.717, 1.165) is 22.7 Å². The van der Waals surface area contributed by atoms with Crippen LogP contribution in [-0.4, -0.2) is 18.1 Å². The number of aromatic nitrogens is 1. The van der Waals surface area contributed by atoms with Crippen LogP contribution in [0.2, 0.25) is 0 Å². The molecule has 1 unspecified atom stereocenters. The first kappa shape index (κ1) is 15.5. The van der Waals surface area contributed by atoms with Crippen LogP contribution in [0.15, 0.2) is 36.4 Å². The van der Waals surface area contributed by atoms with Crippen molar-refractivity contribution < 1.29 is 4.74 Å². The van der Waals surface area contributed by atoms with E-state index in [0.29, 0.717) is 0 Å². The molecular formula is C18H24N2O. The molecule has 0 fully saturated rings. The number of para-hydroxylation sites is 1. The molecule has 3 heteroatoms. The molecule has 0 saturated carbocycles. The fourth-order valence-electron chi connectivity index (χ4n) is 2.56. The number of nitrogens with one attached hydrogen (secondary N) is 1. The smallest absolute Gasteiger partial charge is 0.124 e. The van der Waals surface area contributed by atoms with Gasteiger partial charge in [0.05, 0.1) is 12.1 Å². The highest BCUT2D eigenvalue weighted by atomic mass is 16.5. The lowest BCUT2D eigenvalue weighted by atomic mass is 9.96. The molecule has 0 aliphatic carbocycles. The Morgan fingerprint density at radius 2 is 1.71 bits per heavy atom. The number of hydrogen-bond donors (Lipinski definition) is 1. The summed E-state index contributed by atoms with van der Waals surface area (Å²) in [4.78, 5) is 4.58. The van der Waals surface area contributed by atoms with Crippen LogP contribution in [0, 0.1) is 13.8 Å². The van der Waals surface area contributed by atoms with Crippen molar-refractivity contribution in [2.75, 3.05) is 7.05 Å². The Labute approximate surface area is 127 Å². The number of benzene rings is 1. The second-order valence-corrected chi connectivity index (χ2v) is 5.55. The molecule has 2 aromatic rings. The zero-order valence-corrected chi connectivity index (χ0v) is 13.5. The van der Waals surface area contributed by atoms with Crippen molar-refractivity contribution in [1.29, 1.82) is 0 Å². The van der Waals surface area contributed by atoms with Crippen LogP contribution in [0.3, 0.4) is 0 Å². The van der Waals surface area contributed by atoms with E-state index in [1.54, 1.807) is 0 Å². The van der Waals surface area contributed by atoms with Crippen LogP contribution in [0.4, 0.5) is 0 Å². The third-order valence-corrected chi connectivity index (χ3v) is 3.46. The number of aryl methyl sites for hydroxylation is 2. The Morgan fingerprint density at radius 3 is 2.33 bits per heavy atom. The van der Waals surface area contributed by atoms with E-state index >= 15 is 0 Å². The van der Waals surface area contributed by atoms with Crippen LogP contribution in [0.1, 0.15) is 42.4 Å². The van der Waals surface area contributed by atoms with Crippen molar-refractivity contribution in [3.05, 3.63) is 58.9 Å². The maximum Gasteiger partial charge on any atom is 0.124 e. The van der Waals surface area contributed by atoms with Crippen LogP contribution in [0.25, 0.3) is 0 Å². The first-order chi connectivity index (χ1) is 10.0. The molecule has 1 aromatic heterocycles. The molecule has 1 N–H and O–H groups in total. The Morgan fingerprint density at radius 1 is 1.00 bits per heavy atom. The van der Waals surface area contributed by atoms with Gasteiger partial charge in [-0.2, -0.15) is 0 Å². The maximum absolute atomic E-state index is 5.95. The maximum atomic E-state index is 5.95. The summed E-state index contributed by atoms with van der Waals surface area (Å²) in [7, 11) is 1.97. The number of pyridine rings is 1. The van der Waals surface area contributed by atoms with Gasteiger partial charge in [-0.05, 0) is 52.4 Å². The fourth-order valence-corrected chi connectivity index (χ4v) is 2.56. The Kier molecular flexibility index (Phi) is 4.97. The largest absolute Gasteiger partial charge is 0.491 e. The van der Waals surface area contributed by atoms with Gasteiger partial charge in [0, 0.05) is 17.0 Å². The molecule has 3 nitrogen and oxygen atoms in total. The lowest BCUT2D eigenvalue weighted by Crippen LogP contribution is -2.21. The van der Waals surface area contributed by atoms with Gasteiger partial charge in [0.15, 0.2) is 0 Å². The molecule has 0 saturated heterocycles. The molecule has 112 valence electrons. The molecule has 0 aliphatic rings. The zero-order valence-electron chi connectivity index (χ0n) is 13.5. The van der Waals surface area contributed by atoms with Gasteiger partial charge < -0.3 is 10.1 Å². The third-order valence-electron chi connectivity index (χ3n) is 3.46. The van der Waals surface area contributed by atoms with E-state index in [1.165, 1.54) is 5.56 Å². The van der Waals surface area contributed by atoms with Crippen LogP contribution in [0.5, 0.6) is 5.75 Å². The van der Waals surface area contributed by atoms with Gasteiger partial charge in [-0.15, -0.1) is 0 Å². The van der Waals surface area contributed by atoms with Crippen LogP contribution in [-0.2, 0) is 0 Å². The van der Waals surface area contributed by atoms with Crippen molar-refractivity contribution in [2.45, 2.75) is 39.8 Å². The first-order valence-electron chi connectivity index (χ1n) is 7.40. The quantitative estimate of drug-likeness (QED) is 0.907. The Bertz CT molecular complexity index is 608. The van der Waals surface area contributed by atoms with Crippen LogP contribution < -0.4 is 10.1 Å². The Hall–Kier alpha value is -1.87. The summed E-state index contributed by atoms with van der Waals surface area (Å²) in [5.41, 5.74) is 4.41. The van der Waals surface area contributed by atoms with Crippen molar-refractivity contribution in [2.24, 2.45) is 0 Å². The van der Waals surface area contributed by atoms with E-state index in [1.807, 2.05) is 46.0 Å². The molecule has 0 bridgehead atoms. The third kappa shape index (κ3) is 3.61. The monoisotopic (exact) mass is 284 g/mol. The molecule has 1 atom stereocenters. The minimum absolute atomic E-state index is 0.0769. The van der Waals surface area contributed by atoms with Gasteiger partial charge in [0.1, 0.15) is 5.75 Å². The number of nitrogens with zero attached hydrogens (tertiary/aromatic N) is 1. The summed E-state index contributed by atoms with van der Waals surface area (Å²) in [5.74, 6) is 0.923.